The van der Waals surface area contributed by atoms with Crippen molar-refractivity contribution >= 4 is 49.9 Å². The summed E-state index contributed by atoms with van der Waals surface area (Å²) in [5.41, 5.74) is 11.1. The molecule has 0 atom stereocenters. The van der Waals surface area contributed by atoms with Crippen LogP contribution in [0.4, 0.5) is 0 Å². The van der Waals surface area contributed by atoms with Crippen LogP contribution < -0.4 is 4.57 Å². The maximum Gasteiger partial charge on any atom is 0.312 e. The van der Waals surface area contributed by atoms with Crippen LogP contribution in [0, 0.1) is 20.8 Å². The van der Waals surface area contributed by atoms with Gasteiger partial charge in [-0.25, -0.2) is 4.57 Å². The van der Waals surface area contributed by atoms with Gasteiger partial charge in [0.05, 0.1) is 29.0 Å². The van der Waals surface area contributed by atoms with Gasteiger partial charge in [-0.3, -0.25) is 4.40 Å². The number of imidazole rings is 2. The molecule has 0 N–H and O–H groups in total. The molecular weight excluding hydrogens is 408 g/mol. The lowest BCUT2D eigenvalue weighted by atomic mass is 10.1. The summed E-state index contributed by atoms with van der Waals surface area (Å²) in [4.78, 5) is 5.16. The van der Waals surface area contributed by atoms with Crippen LogP contribution in [-0.2, 0) is 7.05 Å². The van der Waals surface area contributed by atoms with E-state index < -0.39 is 0 Å². The van der Waals surface area contributed by atoms with Crippen molar-refractivity contribution in [3.05, 3.63) is 83.4 Å². The maximum absolute atomic E-state index is 6.14. The Labute approximate surface area is 190 Å². The fraction of sp³-hybridized carbons (Fsp3) is 0.143. The van der Waals surface area contributed by atoms with Gasteiger partial charge in [0.25, 0.3) is 5.82 Å². The Hall–Kier alpha value is -4.12. The molecule has 5 nitrogen and oxygen atoms in total. The second-order valence-electron chi connectivity index (χ2n) is 8.96. The van der Waals surface area contributed by atoms with E-state index in [-0.39, 0.29) is 0 Å². The zero-order valence-corrected chi connectivity index (χ0v) is 19.0. The molecular formula is C28H23N4O+. The molecule has 0 bridgehead atoms. The predicted octanol–water partition coefficient (Wildman–Crippen LogP) is 6.08. The second kappa shape index (κ2) is 6.23. The van der Waals surface area contributed by atoms with E-state index in [4.69, 9.17) is 9.40 Å². The highest BCUT2D eigenvalue weighted by Crippen LogP contribution is 2.33. The molecule has 4 heterocycles. The van der Waals surface area contributed by atoms with Crippen LogP contribution in [0.15, 0.2) is 71.1 Å². The largest absolute Gasteiger partial charge is 0.452 e. The third-order valence-corrected chi connectivity index (χ3v) is 7.10. The van der Waals surface area contributed by atoms with E-state index >= 15 is 0 Å². The van der Waals surface area contributed by atoms with Crippen molar-refractivity contribution in [3.8, 4) is 5.82 Å². The van der Waals surface area contributed by atoms with E-state index in [1.807, 2.05) is 12.1 Å². The van der Waals surface area contributed by atoms with Crippen molar-refractivity contribution in [1.29, 1.82) is 0 Å². The summed E-state index contributed by atoms with van der Waals surface area (Å²) in [6.45, 7) is 6.50. The number of aromatic nitrogens is 4. The number of furan rings is 1. The molecule has 0 saturated heterocycles. The predicted molar refractivity (Wildman–Crippen MR) is 132 cm³/mol. The first kappa shape index (κ1) is 18.5. The smallest absolute Gasteiger partial charge is 0.312 e. The number of pyridine rings is 1. The molecule has 0 radical (unpaired) electrons. The number of rotatable bonds is 1. The van der Waals surface area contributed by atoms with Crippen LogP contribution in [0.2, 0.25) is 0 Å². The van der Waals surface area contributed by atoms with E-state index in [1.54, 1.807) is 0 Å². The first-order chi connectivity index (χ1) is 16.0. The second-order valence-corrected chi connectivity index (χ2v) is 8.96. The summed E-state index contributed by atoms with van der Waals surface area (Å²) in [5.74, 6) is 1.97. The van der Waals surface area contributed by atoms with Gasteiger partial charge in [0.2, 0.25) is 0 Å². The molecule has 0 fully saturated rings. The first-order valence-corrected chi connectivity index (χ1v) is 11.2. The standard InChI is InChI=1S/C28H23N4O/c1-16-12-13-21-26(18(16)3)32(28-29-25-17(2)8-7-10-20(25)31(21)28)24-15-14-23-27(30(24)4)19-9-5-6-11-22(19)33-23/h5-15H,1-4H3/q+1. The number of hydrogen-bond acceptors (Lipinski definition) is 2. The summed E-state index contributed by atoms with van der Waals surface area (Å²) in [7, 11) is 2.11. The number of para-hydroxylation sites is 2. The minimum Gasteiger partial charge on any atom is -0.452 e. The molecule has 7 aromatic rings. The molecule has 0 aliphatic carbocycles. The summed E-state index contributed by atoms with van der Waals surface area (Å²) in [5, 5.41) is 1.11. The zero-order chi connectivity index (χ0) is 22.4. The van der Waals surface area contributed by atoms with E-state index in [0.717, 1.165) is 44.7 Å². The number of nitrogens with zero attached hydrogens (tertiary/aromatic N) is 4. The lowest BCUT2D eigenvalue weighted by molar-refractivity contribution is -0.638. The van der Waals surface area contributed by atoms with Crippen LogP contribution in [0.5, 0.6) is 0 Å². The van der Waals surface area contributed by atoms with Crippen molar-refractivity contribution in [2.45, 2.75) is 20.8 Å². The Balaban J connectivity index is 1.72. The number of benzene rings is 3. The Morgan fingerprint density at radius 3 is 2.52 bits per heavy atom. The fourth-order valence-electron chi connectivity index (χ4n) is 5.29. The molecule has 0 saturated carbocycles. The van der Waals surface area contributed by atoms with Gasteiger partial charge in [-0.05, 0) is 62.2 Å². The number of fused-ring (bicyclic) bond motifs is 8. The molecule has 5 heteroatoms. The summed E-state index contributed by atoms with van der Waals surface area (Å²) < 4.78 is 13.0. The highest BCUT2D eigenvalue weighted by Gasteiger charge is 2.28. The Morgan fingerprint density at radius 2 is 1.64 bits per heavy atom. The van der Waals surface area contributed by atoms with Crippen molar-refractivity contribution < 1.29 is 8.98 Å². The molecule has 3 aromatic carbocycles. The SMILES string of the molecule is Cc1ccc2c(c1C)n(-c1ccc3oc4ccccc4c3[n+]1C)c1nc3c(C)cccc3n21. The molecule has 0 aliphatic rings. The molecule has 7 rings (SSSR count). The van der Waals surface area contributed by atoms with Gasteiger partial charge in [0, 0.05) is 11.6 Å². The quantitative estimate of drug-likeness (QED) is 0.296. The summed E-state index contributed by atoms with van der Waals surface area (Å²) >= 11 is 0. The zero-order valence-electron chi connectivity index (χ0n) is 19.0. The Bertz CT molecular complexity index is 1920. The van der Waals surface area contributed by atoms with Crippen LogP contribution in [0.25, 0.3) is 55.7 Å². The topological polar surface area (TPSA) is 39.2 Å². The lowest BCUT2D eigenvalue weighted by Gasteiger charge is -2.06. The maximum atomic E-state index is 6.14. The van der Waals surface area contributed by atoms with Gasteiger partial charge < -0.3 is 4.42 Å². The third kappa shape index (κ3) is 2.26. The van der Waals surface area contributed by atoms with Crippen molar-refractivity contribution in [1.82, 2.24) is 14.0 Å². The van der Waals surface area contributed by atoms with E-state index in [1.165, 1.54) is 27.7 Å². The first-order valence-electron chi connectivity index (χ1n) is 11.2. The van der Waals surface area contributed by atoms with E-state index in [2.05, 4.69) is 96.0 Å². The molecule has 0 amide bonds. The minimum atomic E-state index is 0.882. The van der Waals surface area contributed by atoms with Crippen LogP contribution >= 0.6 is 0 Å². The number of hydrogen-bond donors (Lipinski definition) is 0. The Morgan fingerprint density at radius 1 is 0.788 bits per heavy atom. The normalized spacial score (nSPS) is 12.2. The van der Waals surface area contributed by atoms with Gasteiger partial charge in [0.1, 0.15) is 5.58 Å². The van der Waals surface area contributed by atoms with Crippen molar-refractivity contribution in [3.63, 3.8) is 0 Å². The van der Waals surface area contributed by atoms with Crippen LogP contribution in [0.3, 0.4) is 0 Å². The Kier molecular flexibility index (Phi) is 3.48. The summed E-state index contributed by atoms with van der Waals surface area (Å²) in [6, 6.07) is 23.3. The van der Waals surface area contributed by atoms with E-state index in [0.29, 0.717) is 0 Å². The molecule has 33 heavy (non-hydrogen) atoms. The fourth-order valence-corrected chi connectivity index (χ4v) is 5.29. The van der Waals surface area contributed by atoms with Crippen LogP contribution in [0.1, 0.15) is 16.7 Å². The van der Waals surface area contributed by atoms with Gasteiger partial charge in [-0.2, -0.15) is 9.55 Å². The summed E-state index contributed by atoms with van der Waals surface area (Å²) in [6.07, 6.45) is 0. The van der Waals surface area contributed by atoms with Gasteiger partial charge in [-0.1, -0.05) is 30.3 Å². The monoisotopic (exact) mass is 431 g/mol. The molecule has 0 aliphatic heterocycles. The third-order valence-electron chi connectivity index (χ3n) is 7.10. The van der Waals surface area contributed by atoms with Gasteiger partial charge >= 0.3 is 5.78 Å². The minimum absolute atomic E-state index is 0.882. The average Bonchev–Trinajstić information content (AvgIpc) is 3.47. The number of aryl methyl sites for hydroxylation is 4. The van der Waals surface area contributed by atoms with Crippen LogP contribution in [-0.4, -0.2) is 14.0 Å². The van der Waals surface area contributed by atoms with Crippen molar-refractivity contribution in [2.75, 3.05) is 0 Å². The van der Waals surface area contributed by atoms with Gasteiger partial charge in [0.15, 0.2) is 16.6 Å². The molecule has 160 valence electrons. The molecule has 0 spiro atoms. The highest BCUT2D eigenvalue weighted by molar-refractivity contribution is 6.01. The van der Waals surface area contributed by atoms with Gasteiger partial charge in [-0.15, -0.1) is 0 Å². The average molecular weight is 432 g/mol. The molecule has 0 unspecified atom stereocenters. The molecule has 4 aromatic heterocycles. The van der Waals surface area contributed by atoms with Crippen molar-refractivity contribution in [2.24, 2.45) is 7.05 Å². The van der Waals surface area contributed by atoms with E-state index in [9.17, 15) is 0 Å². The highest BCUT2D eigenvalue weighted by atomic mass is 16.3. The lowest BCUT2D eigenvalue weighted by Crippen LogP contribution is -2.34.